The van der Waals surface area contributed by atoms with E-state index in [1.807, 2.05) is 6.07 Å². The number of hydrogen-bond acceptors (Lipinski definition) is 8. The number of nitrogens with one attached hydrogen (secondary N) is 3. The normalized spacial score (nSPS) is 16.8. The van der Waals surface area contributed by atoms with Crippen LogP contribution in [0.3, 0.4) is 0 Å². The molecule has 1 saturated heterocycles. The van der Waals surface area contributed by atoms with Crippen LogP contribution in [0.15, 0.2) is 60.0 Å². The third kappa shape index (κ3) is 8.12. The summed E-state index contributed by atoms with van der Waals surface area (Å²) < 4.78 is 36.2. The number of nitrogen functional groups attached to an aromatic ring is 1. The zero-order valence-corrected chi connectivity index (χ0v) is 23.7. The fourth-order valence-electron chi connectivity index (χ4n) is 4.43. The van der Waals surface area contributed by atoms with Crippen LogP contribution < -0.4 is 21.1 Å². The Balaban J connectivity index is 1.35. The van der Waals surface area contributed by atoms with Gasteiger partial charge in [0.05, 0.1) is 30.3 Å². The molecule has 1 fully saturated rings. The molecule has 0 saturated carbocycles. The number of likely N-dealkylation sites (tertiary alicyclic amines) is 1. The lowest BCUT2D eigenvalue weighted by molar-refractivity contribution is -0.160. The quantitative estimate of drug-likeness (QED) is 0.190. The number of amides is 3. The van der Waals surface area contributed by atoms with Gasteiger partial charge in [0.25, 0.3) is 5.91 Å². The average molecular weight is 611 g/mol. The van der Waals surface area contributed by atoms with Crippen LogP contribution in [0.2, 0.25) is 0 Å². The molecule has 0 unspecified atom stereocenters. The zero-order valence-electron chi connectivity index (χ0n) is 22.9. The molecular formula is C29H28F2N6O5S. The van der Waals surface area contributed by atoms with Gasteiger partial charge in [0.1, 0.15) is 23.4 Å². The molecule has 14 heteroatoms. The largest absolute Gasteiger partial charge is 0.457 e. The van der Waals surface area contributed by atoms with Crippen molar-refractivity contribution >= 4 is 34.9 Å². The lowest BCUT2D eigenvalue weighted by atomic mass is 10.1. The summed E-state index contributed by atoms with van der Waals surface area (Å²) in [5, 5.41) is 23.4. The molecule has 0 spiro atoms. The second-order valence-corrected chi connectivity index (χ2v) is 10.6. The third-order valence-electron chi connectivity index (χ3n) is 6.63. The number of carbonyl (C=O) groups excluding carboxylic acids is 3. The van der Waals surface area contributed by atoms with Crippen molar-refractivity contribution in [1.82, 2.24) is 15.5 Å². The highest BCUT2D eigenvalue weighted by atomic mass is 32.1. The predicted molar refractivity (Wildman–Crippen MR) is 153 cm³/mol. The van der Waals surface area contributed by atoms with Gasteiger partial charge in [-0.1, -0.05) is 0 Å². The molecule has 0 bridgehead atoms. The lowest BCUT2D eigenvalue weighted by Crippen LogP contribution is -2.49. The van der Waals surface area contributed by atoms with E-state index in [2.05, 4.69) is 15.4 Å². The second kappa shape index (κ2) is 13.9. The fraction of sp³-hybridized carbons (Fsp3) is 0.276. The maximum atomic E-state index is 13.1. The Morgan fingerprint density at radius 3 is 2.37 bits per heavy atom. The summed E-state index contributed by atoms with van der Waals surface area (Å²) in [7, 11) is 0. The van der Waals surface area contributed by atoms with Crippen LogP contribution >= 0.6 is 11.3 Å². The number of ether oxygens (including phenoxy) is 2. The number of nitriles is 1. The first-order chi connectivity index (χ1) is 20.5. The summed E-state index contributed by atoms with van der Waals surface area (Å²) in [6.45, 7) is -2.10. The van der Waals surface area contributed by atoms with Gasteiger partial charge in [0, 0.05) is 34.3 Å². The van der Waals surface area contributed by atoms with Crippen LogP contribution in [-0.2, 0) is 14.3 Å². The van der Waals surface area contributed by atoms with Crippen molar-refractivity contribution in [2.45, 2.75) is 38.1 Å². The van der Waals surface area contributed by atoms with E-state index >= 15 is 0 Å². The Morgan fingerprint density at radius 2 is 1.79 bits per heavy atom. The van der Waals surface area contributed by atoms with Crippen molar-refractivity contribution in [1.29, 1.82) is 10.7 Å². The van der Waals surface area contributed by atoms with Crippen LogP contribution in [0.1, 0.15) is 45.7 Å². The zero-order chi connectivity index (χ0) is 31.1. The first kappa shape index (κ1) is 31.1. The minimum absolute atomic E-state index is 0.116. The van der Waals surface area contributed by atoms with Crippen LogP contribution in [0.5, 0.6) is 11.5 Å². The summed E-state index contributed by atoms with van der Waals surface area (Å²) in [6.07, 6.45) is -1.22. The summed E-state index contributed by atoms with van der Waals surface area (Å²) in [5.74, 6) is -0.935. The van der Waals surface area contributed by atoms with Crippen molar-refractivity contribution in [3.05, 3.63) is 81.5 Å². The van der Waals surface area contributed by atoms with E-state index in [1.165, 1.54) is 23.5 Å². The number of amidine groups is 1. The van der Waals surface area contributed by atoms with Crippen molar-refractivity contribution in [2.24, 2.45) is 5.73 Å². The SMILES string of the molecule is C[C@@H](NC(=O)[C@@H]1C[C@@H](OC(F)F)CN1C(=O)CNC(=O)c1ccc(Oc2ccc(C#N)cc2)cc1)c1cc(C(=N)N)cs1. The lowest BCUT2D eigenvalue weighted by Gasteiger charge is -2.25. The average Bonchev–Trinajstić information content (AvgIpc) is 3.65. The monoisotopic (exact) mass is 610 g/mol. The number of nitrogens with two attached hydrogens (primary N) is 1. The molecule has 0 aliphatic carbocycles. The number of carbonyl (C=O) groups is 3. The van der Waals surface area contributed by atoms with Crippen molar-refractivity contribution < 1.29 is 32.6 Å². The first-order valence-corrected chi connectivity index (χ1v) is 13.9. The standard InChI is InChI=1S/C29H28F2N6O5S/c1-16(24-10-19(15-43-24)26(33)34)36-28(40)23-11-22(42-29(30)31)14-37(23)25(38)13-35-27(39)18-4-8-21(9-5-18)41-20-6-2-17(12-32)3-7-20/h2-10,15-16,22-23,29H,11,13-14H2,1H3,(H3,33,34)(H,35,39)(H,36,40)/t16-,22-,23+/m1/s1. The van der Waals surface area contributed by atoms with Gasteiger partial charge in [-0.2, -0.15) is 14.0 Å². The number of rotatable bonds is 11. The molecule has 224 valence electrons. The molecule has 2 heterocycles. The van der Waals surface area contributed by atoms with E-state index in [0.717, 1.165) is 9.78 Å². The maximum Gasteiger partial charge on any atom is 0.345 e. The number of nitrogens with zero attached hydrogens (tertiary/aromatic N) is 2. The maximum absolute atomic E-state index is 13.1. The molecule has 43 heavy (non-hydrogen) atoms. The summed E-state index contributed by atoms with van der Waals surface area (Å²) in [4.78, 5) is 40.8. The molecule has 3 atom stereocenters. The smallest absolute Gasteiger partial charge is 0.345 e. The van der Waals surface area contributed by atoms with Gasteiger partial charge < -0.3 is 30.7 Å². The minimum atomic E-state index is -3.08. The highest BCUT2D eigenvalue weighted by molar-refractivity contribution is 7.10. The highest BCUT2D eigenvalue weighted by Crippen LogP contribution is 2.26. The van der Waals surface area contributed by atoms with E-state index in [1.54, 1.807) is 54.8 Å². The van der Waals surface area contributed by atoms with Crippen molar-refractivity contribution in [3.63, 3.8) is 0 Å². The fourth-order valence-corrected chi connectivity index (χ4v) is 5.35. The van der Waals surface area contributed by atoms with Gasteiger partial charge >= 0.3 is 6.61 Å². The third-order valence-corrected chi connectivity index (χ3v) is 7.75. The van der Waals surface area contributed by atoms with E-state index < -0.39 is 49.1 Å². The van der Waals surface area contributed by atoms with Gasteiger partial charge in [-0.25, -0.2) is 0 Å². The molecule has 1 aliphatic heterocycles. The molecule has 1 aromatic heterocycles. The van der Waals surface area contributed by atoms with Gasteiger partial charge in [-0.15, -0.1) is 11.3 Å². The van der Waals surface area contributed by atoms with Crippen molar-refractivity contribution in [2.75, 3.05) is 13.1 Å². The van der Waals surface area contributed by atoms with Gasteiger partial charge in [0.2, 0.25) is 11.8 Å². The Bertz CT molecular complexity index is 1520. The van der Waals surface area contributed by atoms with E-state index in [9.17, 15) is 23.2 Å². The second-order valence-electron chi connectivity index (χ2n) is 9.64. The van der Waals surface area contributed by atoms with Gasteiger partial charge in [-0.3, -0.25) is 19.8 Å². The van der Waals surface area contributed by atoms with Crippen LogP contribution in [0.25, 0.3) is 0 Å². The molecule has 11 nitrogen and oxygen atoms in total. The summed E-state index contributed by atoms with van der Waals surface area (Å²) in [5.41, 5.74) is 6.74. The van der Waals surface area contributed by atoms with E-state index in [4.69, 9.17) is 21.1 Å². The Labute approximate surface area is 249 Å². The molecule has 2 aromatic carbocycles. The van der Waals surface area contributed by atoms with E-state index in [0.29, 0.717) is 22.6 Å². The van der Waals surface area contributed by atoms with Gasteiger partial charge in [0.15, 0.2) is 0 Å². The first-order valence-electron chi connectivity index (χ1n) is 13.1. The molecular weight excluding hydrogens is 582 g/mol. The van der Waals surface area contributed by atoms with Crippen LogP contribution in [0.4, 0.5) is 8.78 Å². The van der Waals surface area contributed by atoms with Gasteiger partial charge in [-0.05, 0) is 61.5 Å². The summed E-state index contributed by atoms with van der Waals surface area (Å²) in [6, 6.07) is 14.7. The number of benzene rings is 2. The Hall–Kier alpha value is -4.87. The molecule has 3 aromatic rings. The Morgan fingerprint density at radius 1 is 1.14 bits per heavy atom. The number of halogens is 2. The number of thiophene rings is 1. The molecule has 1 aliphatic rings. The highest BCUT2D eigenvalue weighted by Gasteiger charge is 2.41. The Kier molecular flexibility index (Phi) is 10.0. The van der Waals surface area contributed by atoms with E-state index in [-0.39, 0.29) is 24.4 Å². The molecule has 4 rings (SSSR count). The minimum Gasteiger partial charge on any atom is -0.457 e. The number of alkyl halides is 2. The molecule has 0 radical (unpaired) electrons. The number of hydrogen-bond donors (Lipinski definition) is 4. The van der Waals surface area contributed by atoms with Crippen LogP contribution in [-0.4, -0.2) is 60.3 Å². The molecule has 3 amide bonds. The topological polar surface area (TPSA) is 171 Å². The van der Waals surface area contributed by atoms with Crippen LogP contribution in [0, 0.1) is 16.7 Å². The predicted octanol–water partition coefficient (Wildman–Crippen LogP) is 3.51. The molecule has 5 N–H and O–H groups in total. The summed E-state index contributed by atoms with van der Waals surface area (Å²) >= 11 is 1.29. The van der Waals surface area contributed by atoms with Crippen molar-refractivity contribution in [3.8, 4) is 17.6 Å².